The number of rotatable bonds is 5. The van der Waals surface area contributed by atoms with Crippen molar-refractivity contribution in [3.63, 3.8) is 0 Å². The third kappa shape index (κ3) is 3.26. The van der Waals surface area contributed by atoms with E-state index in [1.807, 2.05) is 4.90 Å². The van der Waals surface area contributed by atoms with Crippen molar-refractivity contribution in [2.45, 2.75) is 38.1 Å². The third-order valence-electron chi connectivity index (χ3n) is 4.05. The summed E-state index contributed by atoms with van der Waals surface area (Å²) < 4.78 is 13.6. The average molecular weight is 296 g/mol. The molecule has 0 bridgehead atoms. The third-order valence-corrected chi connectivity index (χ3v) is 4.05. The predicted molar refractivity (Wildman–Crippen MR) is 79.1 cm³/mol. The second kappa shape index (κ2) is 6.76. The van der Waals surface area contributed by atoms with Gasteiger partial charge in [-0.3, -0.25) is 0 Å². The smallest absolute Gasteiger partial charge is 0.340 e. The first-order chi connectivity index (χ1) is 10.1. The topological polar surface area (TPSA) is 86.8 Å². The lowest BCUT2D eigenvalue weighted by Gasteiger charge is -2.36. The van der Waals surface area contributed by atoms with Crippen molar-refractivity contribution in [2.75, 3.05) is 23.8 Å². The summed E-state index contributed by atoms with van der Waals surface area (Å²) in [5.74, 6) is -1.98. The lowest BCUT2D eigenvalue weighted by atomic mass is 9.93. The van der Waals surface area contributed by atoms with Crippen molar-refractivity contribution < 1.29 is 19.4 Å². The minimum absolute atomic E-state index is 0.0904. The molecule has 1 fully saturated rings. The Bertz CT molecular complexity index is 516. The standard InChI is InChI=1S/C15H21FN2O3/c16-11-6-7-12(13(14(11)17)15(20)21)18(8-9-19)10-4-2-1-3-5-10/h6-7,10,19H,1-5,8-9,17H2,(H,20,21). The average Bonchev–Trinajstić information content (AvgIpc) is 2.48. The number of aromatic carboxylic acids is 1. The number of carboxylic acid groups (broad SMARTS) is 1. The van der Waals surface area contributed by atoms with Gasteiger partial charge in [-0.15, -0.1) is 0 Å². The minimum Gasteiger partial charge on any atom is -0.478 e. The normalized spacial score (nSPS) is 15.9. The molecule has 1 aliphatic rings. The van der Waals surface area contributed by atoms with E-state index in [9.17, 15) is 19.4 Å². The number of hydrogen-bond acceptors (Lipinski definition) is 4. The van der Waals surface area contributed by atoms with Gasteiger partial charge in [0.1, 0.15) is 11.4 Å². The van der Waals surface area contributed by atoms with Gasteiger partial charge in [-0.05, 0) is 25.0 Å². The van der Waals surface area contributed by atoms with Crippen LogP contribution >= 0.6 is 0 Å². The molecule has 21 heavy (non-hydrogen) atoms. The molecular weight excluding hydrogens is 275 g/mol. The number of carbonyl (C=O) groups is 1. The summed E-state index contributed by atoms with van der Waals surface area (Å²) in [6, 6.07) is 2.79. The number of anilines is 2. The van der Waals surface area contributed by atoms with Crippen molar-refractivity contribution in [3.8, 4) is 0 Å². The van der Waals surface area contributed by atoms with Gasteiger partial charge in [0, 0.05) is 12.6 Å². The molecule has 0 aromatic heterocycles. The molecule has 1 aliphatic carbocycles. The second-order valence-electron chi connectivity index (χ2n) is 5.37. The Labute approximate surface area is 123 Å². The Morgan fingerprint density at radius 3 is 2.57 bits per heavy atom. The Balaban J connectivity index is 2.44. The van der Waals surface area contributed by atoms with Gasteiger partial charge in [-0.25, -0.2) is 9.18 Å². The maximum Gasteiger partial charge on any atom is 0.340 e. The molecule has 0 unspecified atom stereocenters. The monoisotopic (exact) mass is 296 g/mol. The summed E-state index contributed by atoms with van der Waals surface area (Å²) in [5.41, 5.74) is 5.43. The molecule has 2 rings (SSSR count). The van der Waals surface area contributed by atoms with Crippen molar-refractivity contribution in [3.05, 3.63) is 23.5 Å². The van der Waals surface area contributed by atoms with Crippen LogP contribution in [0.2, 0.25) is 0 Å². The summed E-state index contributed by atoms with van der Waals surface area (Å²) in [6.07, 6.45) is 5.20. The highest BCUT2D eigenvalue weighted by Crippen LogP contribution is 2.33. The summed E-state index contributed by atoms with van der Waals surface area (Å²) >= 11 is 0. The van der Waals surface area contributed by atoms with Crippen LogP contribution < -0.4 is 10.6 Å². The van der Waals surface area contributed by atoms with Crippen molar-refractivity contribution >= 4 is 17.3 Å². The molecule has 6 heteroatoms. The molecule has 1 saturated carbocycles. The Kier molecular flexibility index (Phi) is 5.01. The van der Waals surface area contributed by atoms with Crippen LogP contribution in [0.5, 0.6) is 0 Å². The van der Waals surface area contributed by atoms with Crippen LogP contribution in [0.25, 0.3) is 0 Å². The van der Waals surface area contributed by atoms with Crippen LogP contribution in [0.1, 0.15) is 42.5 Å². The van der Waals surface area contributed by atoms with Crippen LogP contribution in [0.4, 0.5) is 15.8 Å². The fraction of sp³-hybridized carbons (Fsp3) is 0.533. The molecular formula is C15H21FN2O3. The Hall–Kier alpha value is -1.82. The minimum atomic E-state index is -1.25. The summed E-state index contributed by atoms with van der Waals surface area (Å²) in [4.78, 5) is 13.3. The second-order valence-corrected chi connectivity index (χ2v) is 5.37. The number of hydrogen-bond donors (Lipinski definition) is 3. The number of aliphatic hydroxyl groups excluding tert-OH is 1. The molecule has 0 amide bonds. The molecule has 0 heterocycles. The van der Waals surface area contributed by atoms with Crippen LogP contribution in [0.15, 0.2) is 12.1 Å². The first-order valence-corrected chi connectivity index (χ1v) is 7.25. The van der Waals surface area contributed by atoms with Crippen LogP contribution in [-0.4, -0.2) is 35.4 Å². The number of benzene rings is 1. The van der Waals surface area contributed by atoms with Crippen LogP contribution in [0, 0.1) is 5.82 Å². The largest absolute Gasteiger partial charge is 0.478 e. The molecule has 0 spiro atoms. The van der Waals surface area contributed by atoms with E-state index in [-0.39, 0.29) is 23.9 Å². The molecule has 0 aliphatic heterocycles. The van der Waals surface area contributed by atoms with Gasteiger partial charge >= 0.3 is 5.97 Å². The van der Waals surface area contributed by atoms with E-state index in [0.717, 1.165) is 25.7 Å². The van der Waals surface area contributed by atoms with Gasteiger partial charge < -0.3 is 20.8 Å². The van der Waals surface area contributed by atoms with E-state index in [4.69, 9.17) is 5.73 Å². The molecule has 1 aromatic carbocycles. The van der Waals surface area contributed by atoms with Crippen molar-refractivity contribution in [1.29, 1.82) is 0 Å². The lowest BCUT2D eigenvalue weighted by Crippen LogP contribution is -2.40. The van der Waals surface area contributed by atoms with E-state index in [1.54, 1.807) is 0 Å². The fourth-order valence-corrected chi connectivity index (χ4v) is 3.05. The van der Waals surface area contributed by atoms with Crippen molar-refractivity contribution in [2.24, 2.45) is 0 Å². The van der Waals surface area contributed by atoms with Gasteiger partial charge in [-0.1, -0.05) is 19.3 Å². The van der Waals surface area contributed by atoms with E-state index in [0.29, 0.717) is 12.2 Å². The number of nitrogens with two attached hydrogens (primary N) is 1. The lowest BCUT2D eigenvalue weighted by molar-refractivity contribution is 0.0698. The van der Waals surface area contributed by atoms with Gasteiger partial charge in [-0.2, -0.15) is 0 Å². The summed E-state index contributed by atoms with van der Waals surface area (Å²) in [5, 5.41) is 18.6. The quantitative estimate of drug-likeness (QED) is 0.725. The maximum atomic E-state index is 13.6. The molecule has 4 N–H and O–H groups in total. The SMILES string of the molecule is Nc1c(F)ccc(N(CCO)C2CCCCC2)c1C(=O)O. The van der Waals surface area contributed by atoms with E-state index < -0.39 is 11.8 Å². The number of halogens is 1. The predicted octanol–water partition coefficient (Wildman–Crippen LogP) is 2.24. The molecule has 0 saturated heterocycles. The molecule has 0 atom stereocenters. The number of nitrogen functional groups attached to an aromatic ring is 1. The van der Waals surface area contributed by atoms with Crippen LogP contribution in [-0.2, 0) is 0 Å². The zero-order valence-electron chi connectivity index (χ0n) is 11.9. The number of nitrogens with zero attached hydrogens (tertiary/aromatic N) is 1. The summed E-state index contributed by atoms with van der Waals surface area (Å²) in [6.45, 7) is 0.225. The molecule has 116 valence electrons. The van der Waals surface area contributed by atoms with Crippen LogP contribution in [0.3, 0.4) is 0 Å². The number of aliphatic hydroxyl groups is 1. The molecule has 5 nitrogen and oxygen atoms in total. The Morgan fingerprint density at radius 1 is 1.33 bits per heavy atom. The van der Waals surface area contributed by atoms with Crippen molar-refractivity contribution in [1.82, 2.24) is 0 Å². The first-order valence-electron chi connectivity index (χ1n) is 7.25. The highest BCUT2D eigenvalue weighted by Gasteiger charge is 2.27. The summed E-state index contributed by atoms with van der Waals surface area (Å²) in [7, 11) is 0. The first kappa shape index (κ1) is 15.6. The molecule has 1 aromatic rings. The van der Waals surface area contributed by atoms with Gasteiger partial charge in [0.2, 0.25) is 0 Å². The maximum absolute atomic E-state index is 13.6. The molecule has 0 radical (unpaired) electrons. The zero-order chi connectivity index (χ0) is 15.4. The fourth-order valence-electron chi connectivity index (χ4n) is 3.05. The van der Waals surface area contributed by atoms with Gasteiger partial charge in [0.15, 0.2) is 0 Å². The zero-order valence-corrected chi connectivity index (χ0v) is 11.9. The number of carboxylic acids is 1. The van der Waals surface area contributed by atoms with E-state index in [1.165, 1.54) is 18.6 Å². The van der Waals surface area contributed by atoms with Gasteiger partial charge in [0.05, 0.1) is 18.0 Å². The highest BCUT2D eigenvalue weighted by atomic mass is 19.1. The van der Waals surface area contributed by atoms with E-state index in [2.05, 4.69) is 0 Å². The highest BCUT2D eigenvalue weighted by molar-refractivity contribution is 6.00. The van der Waals surface area contributed by atoms with Gasteiger partial charge in [0.25, 0.3) is 0 Å². The van der Waals surface area contributed by atoms with E-state index >= 15 is 0 Å². The Morgan fingerprint density at radius 2 is 2.00 bits per heavy atom.